The number of carbonyl (C=O) groups excluding carboxylic acids is 1. The molecule has 0 saturated heterocycles. The van der Waals surface area contributed by atoms with Gasteiger partial charge >= 0.3 is 0 Å². The highest BCUT2D eigenvalue weighted by Crippen LogP contribution is 2.24. The van der Waals surface area contributed by atoms with E-state index in [2.05, 4.69) is 26.7 Å². The molecule has 6 nitrogen and oxygen atoms in total. The molecule has 0 saturated carbocycles. The Kier molecular flexibility index (Phi) is 7.24. The normalized spacial score (nSPS) is 10.8. The summed E-state index contributed by atoms with van der Waals surface area (Å²) in [5, 5.41) is 9.46. The summed E-state index contributed by atoms with van der Waals surface area (Å²) in [5.74, 6) is 1.37. The molecule has 2 aromatic rings. The number of carbonyl (C=O) groups is 1. The minimum Gasteiger partial charge on any atom is -0.343 e. The first-order valence-electron chi connectivity index (χ1n) is 8.45. The van der Waals surface area contributed by atoms with Crippen molar-refractivity contribution in [2.75, 3.05) is 18.8 Å². The molecule has 2 rings (SSSR count). The summed E-state index contributed by atoms with van der Waals surface area (Å²) in [6.45, 7) is 8.48. The van der Waals surface area contributed by atoms with Crippen molar-refractivity contribution in [3.63, 3.8) is 0 Å². The van der Waals surface area contributed by atoms with Gasteiger partial charge in [-0.3, -0.25) is 9.78 Å². The van der Waals surface area contributed by atoms with Crippen molar-refractivity contribution in [3.8, 4) is 11.4 Å². The summed E-state index contributed by atoms with van der Waals surface area (Å²) in [7, 11) is 0. The van der Waals surface area contributed by atoms with Gasteiger partial charge in [0.05, 0.1) is 5.75 Å². The van der Waals surface area contributed by atoms with Crippen LogP contribution < -0.4 is 0 Å². The summed E-state index contributed by atoms with van der Waals surface area (Å²) in [6, 6.07) is 3.86. The lowest BCUT2D eigenvalue weighted by molar-refractivity contribution is -0.127. The van der Waals surface area contributed by atoms with E-state index in [1.807, 2.05) is 30.9 Å². The van der Waals surface area contributed by atoms with Gasteiger partial charge in [0, 0.05) is 37.6 Å². The van der Waals surface area contributed by atoms with Crippen LogP contribution in [0.5, 0.6) is 0 Å². The zero-order valence-corrected chi connectivity index (χ0v) is 15.4. The Morgan fingerprint density at radius 1 is 1.17 bits per heavy atom. The molecular formula is C17H25N5OS. The molecule has 0 spiro atoms. The smallest absolute Gasteiger partial charge is 0.233 e. The molecule has 0 aromatic carbocycles. The maximum absolute atomic E-state index is 12.2. The molecule has 0 aliphatic rings. The molecule has 2 aromatic heterocycles. The largest absolute Gasteiger partial charge is 0.343 e. The van der Waals surface area contributed by atoms with Gasteiger partial charge in [0.2, 0.25) is 5.91 Å². The molecule has 0 aliphatic carbocycles. The molecule has 0 atom stereocenters. The summed E-state index contributed by atoms with van der Waals surface area (Å²) >= 11 is 1.46. The Hall–Kier alpha value is -1.89. The average Bonchev–Trinajstić information content (AvgIpc) is 3.02. The van der Waals surface area contributed by atoms with E-state index in [1.165, 1.54) is 11.8 Å². The second-order valence-electron chi connectivity index (χ2n) is 5.40. The maximum atomic E-state index is 12.2. The fourth-order valence-electron chi connectivity index (χ4n) is 2.42. The summed E-state index contributed by atoms with van der Waals surface area (Å²) in [4.78, 5) is 18.1. The summed E-state index contributed by atoms with van der Waals surface area (Å²) in [6.07, 6.45) is 5.65. The van der Waals surface area contributed by atoms with E-state index >= 15 is 0 Å². The molecular weight excluding hydrogens is 322 g/mol. The molecule has 7 heteroatoms. The monoisotopic (exact) mass is 347 g/mol. The first-order valence-corrected chi connectivity index (χ1v) is 9.43. The molecule has 0 fully saturated rings. The van der Waals surface area contributed by atoms with Crippen molar-refractivity contribution in [1.82, 2.24) is 24.6 Å². The molecule has 130 valence electrons. The minimum absolute atomic E-state index is 0.139. The van der Waals surface area contributed by atoms with Crippen LogP contribution in [0.25, 0.3) is 11.4 Å². The Morgan fingerprint density at radius 3 is 2.50 bits per heavy atom. The number of nitrogens with zero attached hydrogens (tertiary/aromatic N) is 5. The van der Waals surface area contributed by atoms with Crippen molar-refractivity contribution in [2.24, 2.45) is 0 Å². The van der Waals surface area contributed by atoms with Crippen LogP contribution in [0.15, 0.2) is 29.7 Å². The number of hydrogen-bond donors (Lipinski definition) is 0. The maximum Gasteiger partial charge on any atom is 0.233 e. The third-order valence-corrected chi connectivity index (χ3v) is 4.78. The molecule has 0 aliphatic heterocycles. The van der Waals surface area contributed by atoms with Crippen molar-refractivity contribution in [3.05, 3.63) is 24.5 Å². The van der Waals surface area contributed by atoms with Gasteiger partial charge in [-0.2, -0.15) is 0 Å². The topological polar surface area (TPSA) is 63.9 Å². The van der Waals surface area contributed by atoms with Crippen LogP contribution in [0.1, 0.15) is 33.6 Å². The quantitative estimate of drug-likeness (QED) is 0.652. The second kappa shape index (κ2) is 9.42. The van der Waals surface area contributed by atoms with Gasteiger partial charge < -0.3 is 9.47 Å². The predicted molar refractivity (Wildman–Crippen MR) is 96.8 cm³/mol. The highest BCUT2D eigenvalue weighted by atomic mass is 32.2. The minimum atomic E-state index is 0.139. The fraction of sp³-hybridized carbons (Fsp3) is 0.529. The van der Waals surface area contributed by atoms with E-state index in [-0.39, 0.29) is 5.91 Å². The molecule has 0 radical (unpaired) electrons. The predicted octanol–water partition coefficient (Wildman–Crippen LogP) is 3.10. The number of rotatable bonds is 9. The lowest BCUT2D eigenvalue weighted by atomic mass is 10.2. The molecule has 0 unspecified atom stereocenters. The van der Waals surface area contributed by atoms with Gasteiger partial charge in [-0.05, 0) is 32.4 Å². The number of amides is 1. The number of aromatic nitrogens is 4. The van der Waals surface area contributed by atoms with Gasteiger partial charge in [0.25, 0.3) is 0 Å². The Morgan fingerprint density at radius 2 is 1.88 bits per heavy atom. The van der Waals surface area contributed by atoms with E-state index in [1.54, 1.807) is 12.4 Å². The Labute approximate surface area is 147 Å². The van der Waals surface area contributed by atoms with E-state index in [9.17, 15) is 4.79 Å². The highest BCUT2D eigenvalue weighted by Gasteiger charge is 2.17. The first kappa shape index (κ1) is 18.4. The van der Waals surface area contributed by atoms with Crippen LogP contribution in [0.4, 0.5) is 0 Å². The Bertz CT molecular complexity index is 640. The molecule has 24 heavy (non-hydrogen) atoms. The fourth-order valence-corrected chi connectivity index (χ4v) is 3.29. The molecule has 0 N–H and O–H groups in total. The van der Waals surface area contributed by atoms with Gasteiger partial charge in [-0.25, -0.2) is 0 Å². The van der Waals surface area contributed by atoms with E-state index in [4.69, 9.17) is 0 Å². The van der Waals surface area contributed by atoms with Gasteiger partial charge in [-0.15, -0.1) is 10.2 Å². The number of thioether (sulfide) groups is 1. The highest BCUT2D eigenvalue weighted by molar-refractivity contribution is 7.99. The number of pyridine rings is 1. The van der Waals surface area contributed by atoms with Crippen LogP contribution in [-0.2, 0) is 11.3 Å². The zero-order valence-electron chi connectivity index (χ0n) is 14.6. The van der Waals surface area contributed by atoms with E-state index in [0.29, 0.717) is 5.75 Å². The third-order valence-electron chi connectivity index (χ3n) is 3.83. The van der Waals surface area contributed by atoms with E-state index in [0.717, 1.165) is 49.0 Å². The SMILES string of the molecule is CCCCn1c(SCC(=O)N(CC)CC)nnc1-c1ccncc1. The van der Waals surface area contributed by atoms with Gasteiger partial charge in [0.15, 0.2) is 11.0 Å². The summed E-state index contributed by atoms with van der Waals surface area (Å²) < 4.78 is 2.11. The second-order valence-corrected chi connectivity index (χ2v) is 6.34. The van der Waals surface area contributed by atoms with Crippen LogP contribution in [0.2, 0.25) is 0 Å². The first-order chi connectivity index (χ1) is 11.7. The zero-order chi connectivity index (χ0) is 17.4. The van der Waals surface area contributed by atoms with Crippen LogP contribution in [0.3, 0.4) is 0 Å². The lowest BCUT2D eigenvalue weighted by Gasteiger charge is -2.18. The number of hydrogen-bond acceptors (Lipinski definition) is 5. The van der Waals surface area contributed by atoms with Crippen molar-refractivity contribution >= 4 is 17.7 Å². The van der Waals surface area contributed by atoms with Gasteiger partial charge in [-0.1, -0.05) is 25.1 Å². The average molecular weight is 347 g/mol. The molecule has 0 bridgehead atoms. The van der Waals surface area contributed by atoms with Crippen molar-refractivity contribution in [2.45, 2.75) is 45.3 Å². The van der Waals surface area contributed by atoms with Crippen LogP contribution in [0, 0.1) is 0 Å². The summed E-state index contributed by atoms with van der Waals surface area (Å²) in [5.41, 5.74) is 0.996. The standard InChI is InChI=1S/C17H25N5OS/c1-4-7-12-22-16(14-8-10-18-11-9-14)19-20-17(22)24-13-15(23)21(5-2)6-3/h8-11H,4-7,12-13H2,1-3H3. The third kappa shape index (κ3) is 4.56. The molecule has 1 amide bonds. The van der Waals surface area contributed by atoms with Crippen molar-refractivity contribution < 1.29 is 4.79 Å². The lowest BCUT2D eigenvalue weighted by Crippen LogP contribution is -2.31. The van der Waals surface area contributed by atoms with Gasteiger partial charge in [0.1, 0.15) is 0 Å². The van der Waals surface area contributed by atoms with E-state index < -0.39 is 0 Å². The van der Waals surface area contributed by atoms with Crippen molar-refractivity contribution in [1.29, 1.82) is 0 Å². The number of unbranched alkanes of at least 4 members (excludes halogenated alkanes) is 1. The molecule has 2 heterocycles. The van der Waals surface area contributed by atoms with Crippen LogP contribution >= 0.6 is 11.8 Å². The Balaban J connectivity index is 2.17. The van der Waals surface area contributed by atoms with Crippen LogP contribution in [-0.4, -0.2) is 49.4 Å².